The van der Waals surface area contributed by atoms with Gasteiger partial charge in [0.1, 0.15) is 0 Å². The molecular weight excluding hydrogens is 319 g/mol. The zero-order valence-electron chi connectivity index (χ0n) is 11.4. The van der Waals surface area contributed by atoms with Crippen molar-refractivity contribution in [1.29, 1.82) is 0 Å². The molecule has 0 amide bonds. The minimum absolute atomic E-state index is 0.0947. The fraction of sp³-hybridized carbons (Fsp3) is 0.222. The van der Waals surface area contributed by atoms with E-state index in [9.17, 15) is 0 Å². The number of alkyl halides is 1. The summed E-state index contributed by atoms with van der Waals surface area (Å²) in [5, 5.41) is 2.92. The zero-order chi connectivity index (χ0) is 14.4. The van der Waals surface area contributed by atoms with E-state index in [1.807, 2.05) is 29.5 Å². The fourth-order valence-corrected chi connectivity index (χ4v) is 5.01. The van der Waals surface area contributed by atoms with E-state index in [2.05, 4.69) is 24.3 Å². The molecule has 106 valence electrons. The molecule has 0 fully saturated rings. The predicted molar refractivity (Wildman–Crippen MR) is 93.0 cm³/mol. The van der Waals surface area contributed by atoms with Gasteiger partial charge >= 0.3 is 0 Å². The average molecular weight is 333 g/mol. The summed E-state index contributed by atoms with van der Waals surface area (Å²) >= 11 is 15.0. The maximum atomic E-state index is 6.80. The van der Waals surface area contributed by atoms with Crippen molar-refractivity contribution in [2.45, 2.75) is 24.6 Å². The number of aryl methyl sites for hydroxylation is 2. The van der Waals surface area contributed by atoms with Gasteiger partial charge in [-0.2, -0.15) is 0 Å². The standard InChI is InChI=1S/C18H14Cl2S/c19-15-9-8-14(12-5-1-2-6-13(12)15)18(20)17-10-11-4-3-7-16(11)21-17/h1-2,5-6,8-10,18H,3-4,7H2. The number of thiophene rings is 1. The van der Waals surface area contributed by atoms with E-state index in [0.717, 1.165) is 21.4 Å². The first-order chi connectivity index (χ1) is 10.2. The Morgan fingerprint density at radius 3 is 2.62 bits per heavy atom. The second kappa shape index (κ2) is 5.31. The number of halogens is 2. The highest BCUT2D eigenvalue weighted by atomic mass is 35.5. The van der Waals surface area contributed by atoms with E-state index in [1.54, 1.807) is 0 Å². The molecule has 1 aliphatic carbocycles. The van der Waals surface area contributed by atoms with Crippen molar-refractivity contribution in [1.82, 2.24) is 0 Å². The minimum Gasteiger partial charge on any atom is -0.143 e. The first kappa shape index (κ1) is 13.6. The molecule has 0 radical (unpaired) electrons. The molecule has 1 heterocycles. The highest BCUT2D eigenvalue weighted by Crippen LogP contribution is 2.41. The molecule has 0 spiro atoms. The maximum absolute atomic E-state index is 6.80. The summed E-state index contributed by atoms with van der Waals surface area (Å²) in [7, 11) is 0. The largest absolute Gasteiger partial charge is 0.143 e. The monoisotopic (exact) mass is 332 g/mol. The lowest BCUT2D eigenvalue weighted by atomic mass is 10.0. The van der Waals surface area contributed by atoms with E-state index in [0.29, 0.717) is 0 Å². The summed E-state index contributed by atoms with van der Waals surface area (Å²) in [6, 6.07) is 14.5. The van der Waals surface area contributed by atoms with Gasteiger partial charge in [0, 0.05) is 20.2 Å². The van der Waals surface area contributed by atoms with Crippen LogP contribution in [-0.2, 0) is 12.8 Å². The van der Waals surface area contributed by atoms with E-state index >= 15 is 0 Å². The van der Waals surface area contributed by atoms with Gasteiger partial charge in [-0.25, -0.2) is 0 Å². The first-order valence-corrected chi connectivity index (χ1v) is 8.80. The molecule has 0 N–H and O–H groups in total. The molecule has 3 aromatic rings. The lowest BCUT2D eigenvalue weighted by Crippen LogP contribution is -1.92. The van der Waals surface area contributed by atoms with Crippen molar-refractivity contribution in [2.24, 2.45) is 0 Å². The predicted octanol–water partition coefficient (Wildman–Crippen LogP) is 6.37. The van der Waals surface area contributed by atoms with Gasteiger partial charge in [0.15, 0.2) is 0 Å². The maximum Gasteiger partial charge on any atom is 0.0933 e. The molecule has 1 atom stereocenters. The lowest BCUT2D eigenvalue weighted by Gasteiger charge is -2.12. The molecule has 0 saturated heterocycles. The molecule has 0 nitrogen and oxygen atoms in total. The van der Waals surface area contributed by atoms with Crippen LogP contribution in [0.3, 0.4) is 0 Å². The van der Waals surface area contributed by atoms with Gasteiger partial charge in [-0.1, -0.05) is 41.9 Å². The number of hydrogen-bond donors (Lipinski definition) is 0. The Hall–Kier alpha value is -1.02. The highest BCUT2D eigenvalue weighted by molar-refractivity contribution is 7.12. The zero-order valence-corrected chi connectivity index (χ0v) is 13.7. The number of rotatable bonds is 2. The summed E-state index contributed by atoms with van der Waals surface area (Å²) in [6.07, 6.45) is 3.71. The minimum atomic E-state index is -0.0947. The number of benzene rings is 2. The number of fused-ring (bicyclic) bond motifs is 2. The molecule has 3 heteroatoms. The summed E-state index contributed by atoms with van der Waals surface area (Å²) in [4.78, 5) is 2.78. The van der Waals surface area contributed by atoms with Gasteiger partial charge in [-0.05, 0) is 47.9 Å². The van der Waals surface area contributed by atoms with Crippen molar-refractivity contribution in [3.05, 3.63) is 68.4 Å². The van der Waals surface area contributed by atoms with Crippen LogP contribution in [0.2, 0.25) is 5.02 Å². The topological polar surface area (TPSA) is 0 Å². The van der Waals surface area contributed by atoms with Gasteiger partial charge in [-0.3, -0.25) is 0 Å². The molecule has 21 heavy (non-hydrogen) atoms. The Morgan fingerprint density at radius 2 is 1.81 bits per heavy atom. The molecule has 2 aromatic carbocycles. The molecule has 1 aliphatic rings. The first-order valence-electron chi connectivity index (χ1n) is 7.17. The Kier molecular flexibility index (Phi) is 3.45. The molecule has 0 bridgehead atoms. The third-order valence-electron chi connectivity index (χ3n) is 4.19. The smallest absolute Gasteiger partial charge is 0.0933 e. The quantitative estimate of drug-likeness (QED) is 0.478. The van der Waals surface area contributed by atoms with Crippen LogP contribution in [0.15, 0.2) is 42.5 Å². The van der Waals surface area contributed by atoms with Gasteiger partial charge in [0.25, 0.3) is 0 Å². The SMILES string of the molecule is Clc1ccc(C(Cl)c2cc3c(s2)CCC3)c2ccccc12. The Bertz CT molecular complexity index is 798. The van der Waals surface area contributed by atoms with Crippen LogP contribution in [0.1, 0.15) is 32.7 Å². The molecular formula is C18H14Cl2S. The van der Waals surface area contributed by atoms with E-state index in [4.69, 9.17) is 23.2 Å². The summed E-state index contributed by atoms with van der Waals surface area (Å²) in [5.41, 5.74) is 2.65. The highest BCUT2D eigenvalue weighted by Gasteiger charge is 2.21. The van der Waals surface area contributed by atoms with Crippen LogP contribution in [0.25, 0.3) is 10.8 Å². The van der Waals surface area contributed by atoms with Crippen molar-refractivity contribution >= 4 is 45.3 Å². The molecule has 0 aliphatic heterocycles. The summed E-state index contributed by atoms with van der Waals surface area (Å²) < 4.78 is 0. The van der Waals surface area contributed by atoms with Crippen LogP contribution in [0, 0.1) is 0 Å². The van der Waals surface area contributed by atoms with Crippen molar-refractivity contribution in [2.75, 3.05) is 0 Å². The van der Waals surface area contributed by atoms with Gasteiger partial charge in [-0.15, -0.1) is 22.9 Å². The van der Waals surface area contributed by atoms with Gasteiger partial charge in [0.05, 0.1) is 5.38 Å². The lowest BCUT2D eigenvalue weighted by molar-refractivity contribution is 0.913. The Morgan fingerprint density at radius 1 is 1.00 bits per heavy atom. The van der Waals surface area contributed by atoms with Crippen LogP contribution in [-0.4, -0.2) is 0 Å². The second-order valence-corrected chi connectivity index (χ2v) is 7.51. The molecule has 0 saturated carbocycles. The van der Waals surface area contributed by atoms with Crippen molar-refractivity contribution in [3.63, 3.8) is 0 Å². The molecule has 1 aromatic heterocycles. The third-order valence-corrected chi connectivity index (χ3v) is 6.42. The molecule has 4 rings (SSSR count). The summed E-state index contributed by atoms with van der Waals surface area (Å²) in [5.74, 6) is 0. The van der Waals surface area contributed by atoms with Crippen molar-refractivity contribution in [3.8, 4) is 0 Å². The van der Waals surface area contributed by atoms with Crippen LogP contribution in [0.5, 0.6) is 0 Å². The number of hydrogen-bond acceptors (Lipinski definition) is 1. The van der Waals surface area contributed by atoms with Gasteiger partial charge in [0.2, 0.25) is 0 Å². The molecule has 1 unspecified atom stereocenters. The summed E-state index contributed by atoms with van der Waals surface area (Å²) in [6.45, 7) is 0. The van der Waals surface area contributed by atoms with E-state index < -0.39 is 0 Å². The van der Waals surface area contributed by atoms with Crippen LogP contribution >= 0.6 is 34.5 Å². The van der Waals surface area contributed by atoms with Crippen LogP contribution in [0.4, 0.5) is 0 Å². The van der Waals surface area contributed by atoms with E-state index in [1.165, 1.54) is 34.6 Å². The normalized spacial score (nSPS) is 15.3. The third kappa shape index (κ3) is 2.28. The average Bonchev–Trinajstić information content (AvgIpc) is 3.08. The van der Waals surface area contributed by atoms with Crippen molar-refractivity contribution < 1.29 is 0 Å². The Balaban J connectivity index is 1.83. The fourth-order valence-electron chi connectivity index (χ4n) is 3.14. The second-order valence-electron chi connectivity index (χ2n) is 5.50. The Labute approximate surface area is 138 Å². The van der Waals surface area contributed by atoms with Crippen LogP contribution < -0.4 is 0 Å². The van der Waals surface area contributed by atoms with E-state index in [-0.39, 0.29) is 5.38 Å². The van der Waals surface area contributed by atoms with Gasteiger partial charge < -0.3 is 0 Å².